The summed E-state index contributed by atoms with van der Waals surface area (Å²) >= 11 is 0. The van der Waals surface area contributed by atoms with Gasteiger partial charge in [-0.3, -0.25) is 0 Å². The van der Waals surface area contributed by atoms with Crippen LogP contribution in [0.1, 0.15) is 29.3 Å². The van der Waals surface area contributed by atoms with Crippen LogP contribution in [0.5, 0.6) is 0 Å². The highest BCUT2D eigenvalue weighted by Gasteiger charge is 2.19. The zero-order chi connectivity index (χ0) is 16.5. The van der Waals surface area contributed by atoms with E-state index in [4.69, 9.17) is 14.7 Å². The number of hydrogen-bond acceptors (Lipinski definition) is 4. The van der Waals surface area contributed by atoms with Crippen molar-refractivity contribution in [1.82, 2.24) is 9.97 Å². The van der Waals surface area contributed by atoms with Crippen molar-refractivity contribution < 1.29 is 4.74 Å². The first-order valence-electron chi connectivity index (χ1n) is 8.76. The van der Waals surface area contributed by atoms with Crippen LogP contribution in [0.3, 0.4) is 0 Å². The van der Waals surface area contributed by atoms with E-state index in [9.17, 15) is 0 Å². The molecule has 1 aromatic heterocycles. The Hall–Kier alpha value is -2.20. The summed E-state index contributed by atoms with van der Waals surface area (Å²) in [4.78, 5) is 12.1. The maximum Gasteiger partial charge on any atom is 0.161 e. The van der Waals surface area contributed by atoms with Gasteiger partial charge in [0, 0.05) is 29.9 Å². The fourth-order valence-corrected chi connectivity index (χ4v) is 3.50. The normalized spacial score (nSPS) is 16.5. The Kier molecular flexibility index (Phi) is 4.07. The Balaban J connectivity index is 1.78. The van der Waals surface area contributed by atoms with Gasteiger partial charge in [0.2, 0.25) is 0 Å². The summed E-state index contributed by atoms with van der Waals surface area (Å²) in [5.74, 6) is 1.91. The van der Waals surface area contributed by atoms with Gasteiger partial charge in [0.15, 0.2) is 5.82 Å². The first-order valence-corrected chi connectivity index (χ1v) is 8.76. The molecule has 1 fully saturated rings. The van der Waals surface area contributed by atoms with Crippen LogP contribution in [0.25, 0.3) is 17.5 Å². The first-order chi connectivity index (χ1) is 11.8. The van der Waals surface area contributed by atoms with Crippen LogP contribution in [0, 0.1) is 6.92 Å². The van der Waals surface area contributed by atoms with Crippen molar-refractivity contribution in [3.05, 3.63) is 46.7 Å². The zero-order valence-electron chi connectivity index (χ0n) is 14.4. The molecule has 24 heavy (non-hydrogen) atoms. The molecule has 4 rings (SSSR count). The first kappa shape index (κ1) is 15.3. The van der Waals surface area contributed by atoms with Gasteiger partial charge in [-0.2, -0.15) is 0 Å². The lowest BCUT2D eigenvalue weighted by molar-refractivity contribution is 0.122. The highest BCUT2D eigenvalue weighted by Crippen LogP contribution is 2.29. The van der Waals surface area contributed by atoms with Gasteiger partial charge in [0.05, 0.1) is 13.2 Å². The maximum atomic E-state index is 5.49. The molecule has 0 amide bonds. The van der Waals surface area contributed by atoms with Gasteiger partial charge in [-0.25, -0.2) is 9.97 Å². The Morgan fingerprint density at radius 1 is 1.17 bits per heavy atom. The van der Waals surface area contributed by atoms with Crippen molar-refractivity contribution in [1.29, 1.82) is 0 Å². The molecule has 2 aromatic rings. The minimum absolute atomic E-state index is 0.769. The van der Waals surface area contributed by atoms with E-state index >= 15 is 0 Å². The molecule has 0 atom stereocenters. The van der Waals surface area contributed by atoms with E-state index < -0.39 is 0 Å². The third-order valence-electron chi connectivity index (χ3n) is 4.90. The smallest absolute Gasteiger partial charge is 0.161 e. The number of hydrogen-bond donors (Lipinski definition) is 0. The Morgan fingerprint density at radius 3 is 2.79 bits per heavy atom. The molecule has 0 saturated carbocycles. The third-order valence-corrected chi connectivity index (χ3v) is 4.90. The molecule has 1 aliphatic heterocycles. The van der Waals surface area contributed by atoms with Crippen molar-refractivity contribution in [3.63, 3.8) is 0 Å². The molecule has 0 radical (unpaired) electrons. The second kappa shape index (κ2) is 6.36. The van der Waals surface area contributed by atoms with Crippen molar-refractivity contribution >= 4 is 11.9 Å². The van der Waals surface area contributed by atoms with Crippen LogP contribution in [-0.2, 0) is 17.6 Å². The van der Waals surface area contributed by atoms with E-state index in [1.807, 2.05) is 0 Å². The number of aromatic nitrogens is 2. The summed E-state index contributed by atoms with van der Waals surface area (Å²) in [5.41, 5.74) is 6.13. The molecule has 0 spiro atoms. The highest BCUT2D eigenvalue weighted by molar-refractivity contribution is 5.68. The van der Waals surface area contributed by atoms with E-state index in [2.05, 4.69) is 49.1 Å². The second-order valence-corrected chi connectivity index (χ2v) is 6.42. The number of morpholine rings is 1. The Bertz CT molecular complexity index is 792. The van der Waals surface area contributed by atoms with Crippen LogP contribution in [0.4, 0.5) is 5.82 Å². The Morgan fingerprint density at radius 2 is 2.00 bits per heavy atom. The second-order valence-electron chi connectivity index (χ2n) is 6.42. The third kappa shape index (κ3) is 2.71. The topological polar surface area (TPSA) is 38.2 Å². The van der Waals surface area contributed by atoms with E-state index in [0.29, 0.717) is 0 Å². The molecule has 2 aliphatic rings. The minimum atomic E-state index is 0.769. The van der Waals surface area contributed by atoms with Gasteiger partial charge in [-0.15, -0.1) is 0 Å². The number of ether oxygens (including phenoxy) is 1. The molecular weight excluding hydrogens is 298 g/mol. The summed E-state index contributed by atoms with van der Waals surface area (Å²) in [5, 5.41) is 0. The quantitative estimate of drug-likeness (QED) is 0.868. The molecule has 1 aliphatic carbocycles. The molecule has 0 N–H and O–H groups in total. The SMILES string of the molecule is CCc1nc(-c2ccc3c(c2)CC=C3)nc(N2CCOCC2)c1C. The van der Waals surface area contributed by atoms with E-state index in [0.717, 1.165) is 62.0 Å². The van der Waals surface area contributed by atoms with Gasteiger partial charge >= 0.3 is 0 Å². The Labute approximate surface area is 143 Å². The highest BCUT2D eigenvalue weighted by atomic mass is 16.5. The van der Waals surface area contributed by atoms with Gasteiger partial charge in [0.25, 0.3) is 0 Å². The molecule has 1 saturated heterocycles. The molecule has 124 valence electrons. The molecule has 1 aromatic carbocycles. The van der Waals surface area contributed by atoms with E-state index in [1.165, 1.54) is 16.7 Å². The van der Waals surface area contributed by atoms with E-state index in [1.54, 1.807) is 0 Å². The standard InChI is InChI=1S/C20H23N3O/c1-3-18-14(2)20(23-9-11-24-12-10-23)22-19(21-18)17-8-7-15-5-4-6-16(15)13-17/h4-5,7-8,13H,3,6,9-12H2,1-2H3. The summed E-state index contributed by atoms with van der Waals surface area (Å²) in [6, 6.07) is 6.56. The number of rotatable bonds is 3. The number of benzene rings is 1. The van der Waals surface area contributed by atoms with Crippen LogP contribution >= 0.6 is 0 Å². The van der Waals surface area contributed by atoms with Gasteiger partial charge in [0.1, 0.15) is 5.82 Å². The lowest BCUT2D eigenvalue weighted by Crippen LogP contribution is -2.37. The number of fused-ring (bicyclic) bond motifs is 1. The molecule has 2 heterocycles. The maximum absolute atomic E-state index is 5.49. The zero-order valence-corrected chi connectivity index (χ0v) is 14.4. The number of anilines is 1. The summed E-state index contributed by atoms with van der Waals surface area (Å²) in [6.07, 6.45) is 6.32. The average Bonchev–Trinajstić information content (AvgIpc) is 3.10. The van der Waals surface area contributed by atoms with Crippen molar-refractivity contribution in [2.45, 2.75) is 26.7 Å². The van der Waals surface area contributed by atoms with Crippen LogP contribution in [-0.4, -0.2) is 36.3 Å². The largest absolute Gasteiger partial charge is 0.378 e. The van der Waals surface area contributed by atoms with Crippen molar-refractivity contribution in [2.75, 3.05) is 31.2 Å². The fraction of sp³-hybridized carbons (Fsp3) is 0.400. The minimum Gasteiger partial charge on any atom is -0.378 e. The summed E-state index contributed by atoms with van der Waals surface area (Å²) < 4.78 is 5.49. The summed E-state index contributed by atoms with van der Waals surface area (Å²) in [7, 11) is 0. The lowest BCUT2D eigenvalue weighted by atomic mass is 10.0. The molecular formula is C20H23N3O. The lowest BCUT2D eigenvalue weighted by Gasteiger charge is -2.29. The number of allylic oxidation sites excluding steroid dienone is 1. The number of nitrogens with zero attached hydrogens (tertiary/aromatic N) is 3. The van der Waals surface area contributed by atoms with Crippen molar-refractivity contribution in [2.24, 2.45) is 0 Å². The predicted octanol–water partition coefficient (Wildman–Crippen LogP) is 3.42. The summed E-state index contributed by atoms with van der Waals surface area (Å²) in [6.45, 7) is 7.63. The fourth-order valence-electron chi connectivity index (χ4n) is 3.50. The van der Waals surface area contributed by atoms with Gasteiger partial charge in [-0.1, -0.05) is 31.2 Å². The van der Waals surface area contributed by atoms with E-state index in [-0.39, 0.29) is 0 Å². The van der Waals surface area contributed by atoms with Crippen LogP contribution in [0.2, 0.25) is 0 Å². The van der Waals surface area contributed by atoms with Crippen molar-refractivity contribution in [3.8, 4) is 11.4 Å². The van der Waals surface area contributed by atoms with Gasteiger partial charge < -0.3 is 9.64 Å². The molecule has 0 unspecified atom stereocenters. The number of aryl methyl sites for hydroxylation is 1. The molecule has 0 bridgehead atoms. The monoisotopic (exact) mass is 321 g/mol. The average molecular weight is 321 g/mol. The molecule has 4 heteroatoms. The van der Waals surface area contributed by atoms with Crippen LogP contribution in [0.15, 0.2) is 24.3 Å². The van der Waals surface area contributed by atoms with Crippen LogP contribution < -0.4 is 4.90 Å². The van der Waals surface area contributed by atoms with Gasteiger partial charge in [-0.05, 0) is 37.0 Å². The predicted molar refractivity (Wildman–Crippen MR) is 97.4 cm³/mol. The molecule has 4 nitrogen and oxygen atoms in total.